The second-order valence-electron chi connectivity index (χ2n) is 8.79. The van der Waals surface area contributed by atoms with Gasteiger partial charge in [0.05, 0.1) is 16.5 Å². The fourth-order valence-electron chi connectivity index (χ4n) is 4.74. The third-order valence-corrected chi connectivity index (χ3v) is 8.53. The SMILES string of the molecule is N#Cc1ccc(S(=O)(=O)N2CCC(C(=O)Nc3ccc4c(c3)OC3(CCCC3)O4)CC2)cc1. The third-order valence-electron chi connectivity index (χ3n) is 6.61. The van der Waals surface area contributed by atoms with Crippen molar-refractivity contribution in [3.8, 4) is 17.6 Å². The average molecular weight is 468 g/mol. The molecule has 1 saturated carbocycles. The lowest BCUT2D eigenvalue weighted by Gasteiger charge is -2.30. The van der Waals surface area contributed by atoms with Gasteiger partial charge >= 0.3 is 0 Å². The lowest BCUT2D eigenvalue weighted by atomic mass is 9.97. The molecule has 2 aromatic rings. The maximum atomic E-state index is 12.9. The Labute approximate surface area is 193 Å². The van der Waals surface area contributed by atoms with Gasteiger partial charge in [-0.15, -0.1) is 0 Å². The smallest absolute Gasteiger partial charge is 0.251 e. The monoisotopic (exact) mass is 467 g/mol. The maximum absolute atomic E-state index is 12.9. The molecule has 1 saturated heterocycles. The van der Waals surface area contributed by atoms with Crippen LogP contribution in [-0.2, 0) is 14.8 Å². The molecule has 1 amide bonds. The predicted octanol–water partition coefficient (Wildman–Crippen LogP) is 3.64. The van der Waals surface area contributed by atoms with E-state index < -0.39 is 15.8 Å². The zero-order valence-electron chi connectivity index (χ0n) is 18.1. The number of ether oxygens (including phenoxy) is 2. The number of amides is 1. The Kier molecular flexibility index (Phi) is 5.51. The molecule has 9 heteroatoms. The van der Waals surface area contributed by atoms with Gasteiger partial charge in [0.25, 0.3) is 5.79 Å². The Morgan fingerprint density at radius 1 is 1.03 bits per heavy atom. The number of piperidine rings is 1. The number of anilines is 1. The summed E-state index contributed by atoms with van der Waals surface area (Å²) in [6, 6.07) is 13.3. The molecule has 3 aliphatic rings. The highest BCUT2D eigenvalue weighted by Crippen LogP contribution is 2.47. The molecule has 2 heterocycles. The zero-order valence-corrected chi connectivity index (χ0v) is 18.9. The number of fused-ring (bicyclic) bond motifs is 1. The number of hydrogen-bond acceptors (Lipinski definition) is 6. The van der Waals surface area contributed by atoms with Crippen LogP contribution in [0.25, 0.3) is 0 Å². The van der Waals surface area contributed by atoms with Crippen molar-refractivity contribution in [1.29, 1.82) is 5.26 Å². The number of nitriles is 1. The molecule has 0 aromatic heterocycles. The molecule has 5 rings (SSSR count). The van der Waals surface area contributed by atoms with Gasteiger partial charge in [-0.2, -0.15) is 9.57 Å². The highest BCUT2D eigenvalue weighted by molar-refractivity contribution is 7.89. The summed E-state index contributed by atoms with van der Waals surface area (Å²) >= 11 is 0. The Balaban J connectivity index is 1.19. The first kappa shape index (κ1) is 21.7. The van der Waals surface area contributed by atoms with Crippen molar-refractivity contribution in [2.45, 2.75) is 49.2 Å². The summed E-state index contributed by atoms with van der Waals surface area (Å²) in [5.74, 6) is 0.413. The summed E-state index contributed by atoms with van der Waals surface area (Å²) in [5, 5.41) is 11.8. The molecule has 8 nitrogen and oxygen atoms in total. The first-order valence-corrected chi connectivity index (χ1v) is 12.7. The normalized spacial score (nSPS) is 20.0. The second kappa shape index (κ2) is 8.36. The van der Waals surface area contributed by atoms with Crippen LogP contribution >= 0.6 is 0 Å². The number of nitrogens with one attached hydrogen (secondary N) is 1. The number of hydrogen-bond donors (Lipinski definition) is 1. The topological polar surface area (TPSA) is 109 Å². The van der Waals surface area contributed by atoms with Crippen molar-refractivity contribution in [3.63, 3.8) is 0 Å². The molecule has 172 valence electrons. The van der Waals surface area contributed by atoms with Crippen molar-refractivity contribution < 1.29 is 22.7 Å². The van der Waals surface area contributed by atoms with Crippen molar-refractivity contribution >= 4 is 21.6 Å². The van der Waals surface area contributed by atoms with Crippen molar-refractivity contribution in [3.05, 3.63) is 48.0 Å². The molecule has 0 atom stereocenters. The molecule has 2 aromatic carbocycles. The van der Waals surface area contributed by atoms with Gasteiger partial charge in [-0.25, -0.2) is 8.42 Å². The van der Waals surface area contributed by atoms with Crippen LogP contribution in [0, 0.1) is 17.2 Å². The molecule has 1 N–H and O–H groups in total. The van der Waals surface area contributed by atoms with Gasteiger partial charge in [-0.05, 0) is 62.1 Å². The van der Waals surface area contributed by atoms with Crippen LogP contribution in [0.3, 0.4) is 0 Å². The summed E-state index contributed by atoms with van der Waals surface area (Å²) in [7, 11) is -3.65. The summed E-state index contributed by atoms with van der Waals surface area (Å²) in [5.41, 5.74) is 1.05. The van der Waals surface area contributed by atoms with Gasteiger partial charge in [0, 0.05) is 43.6 Å². The minimum Gasteiger partial charge on any atom is -0.448 e. The van der Waals surface area contributed by atoms with Crippen LogP contribution in [-0.4, -0.2) is 37.5 Å². The van der Waals surface area contributed by atoms with Crippen molar-refractivity contribution in [2.75, 3.05) is 18.4 Å². The summed E-state index contributed by atoms with van der Waals surface area (Å²) in [6.45, 7) is 0.536. The van der Waals surface area contributed by atoms with E-state index >= 15 is 0 Å². The standard InChI is InChI=1S/C24H25N3O5S/c25-16-17-3-6-20(7-4-17)33(29,30)27-13-9-18(10-14-27)23(28)26-19-5-8-21-22(15-19)32-24(31-21)11-1-2-12-24/h3-8,15,18H,1-2,9-14H2,(H,26,28). The number of carbonyl (C=O) groups is 1. The fraction of sp³-hybridized carbons (Fsp3) is 0.417. The Bertz CT molecular complexity index is 1210. The van der Waals surface area contributed by atoms with E-state index in [2.05, 4.69) is 5.32 Å². The van der Waals surface area contributed by atoms with E-state index in [9.17, 15) is 13.2 Å². The van der Waals surface area contributed by atoms with Crippen molar-refractivity contribution in [1.82, 2.24) is 4.31 Å². The molecular formula is C24H25N3O5S. The summed E-state index contributed by atoms with van der Waals surface area (Å²) < 4.78 is 39.3. The number of carbonyl (C=O) groups excluding carboxylic acids is 1. The average Bonchev–Trinajstić information content (AvgIpc) is 3.44. The molecule has 1 aliphatic carbocycles. The van der Waals surface area contributed by atoms with Gasteiger partial charge < -0.3 is 14.8 Å². The fourth-order valence-corrected chi connectivity index (χ4v) is 6.21. The van der Waals surface area contributed by atoms with Gasteiger partial charge in [-0.3, -0.25) is 4.79 Å². The Morgan fingerprint density at radius 3 is 2.36 bits per heavy atom. The highest BCUT2D eigenvalue weighted by Gasteiger charge is 2.44. The van der Waals surface area contributed by atoms with E-state index in [-0.39, 0.29) is 29.8 Å². The minimum absolute atomic E-state index is 0.125. The third kappa shape index (κ3) is 4.16. The van der Waals surface area contributed by atoms with Crippen LogP contribution in [0.4, 0.5) is 5.69 Å². The summed E-state index contributed by atoms with van der Waals surface area (Å²) in [4.78, 5) is 13.0. The number of benzene rings is 2. The molecule has 33 heavy (non-hydrogen) atoms. The highest BCUT2D eigenvalue weighted by atomic mass is 32.2. The zero-order chi connectivity index (χ0) is 23.1. The molecule has 1 spiro atoms. The van der Waals surface area contributed by atoms with Crippen LogP contribution in [0.1, 0.15) is 44.1 Å². The Hall–Kier alpha value is -3.09. The Morgan fingerprint density at radius 2 is 1.70 bits per heavy atom. The van der Waals surface area contributed by atoms with Crippen LogP contribution in [0.2, 0.25) is 0 Å². The first-order valence-electron chi connectivity index (χ1n) is 11.2. The van der Waals surface area contributed by atoms with Crippen LogP contribution < -0.4 is 14.8 Å². The van der Waals surface area contributed by atoms with Crippen LogP contribution in [0.15, 0.2) is 47.4 Å². The molecule has 0 radical (unpaired) electrons. The number of rotatable bonds is 4. The lowest BCUT2D eigenvalue weighted by molar-refractivity contribution is -0.120. The van der Waals surface area contributed by atoms with Crippen LogP contribution in [0.5, 0.6) is 11.5 Å². The first-order chi connectivity index (χ1) is 15.9. The minimum atomic E-state index is -3.65. The van der Waals surface area contributed by atoms with E-state index in [0.717, 1.165) is 25.7 Å². The van der Waals surface area contributed by atoms with Gasteiger partial charge in [-0.1, -0.05) is 0 Å². The van der Waals surface area contributed by atoms with E-state index in [0.29, 0.717) is 35.6 Å². The predicted molar refractivity (Wildman–Crippen MR) is 120 cm³/mol. The summed E-state index contributed by atoms with van der Waals surface area (Å²) in [6.07, 6.45) is 4.78. The molecule has 0 unspecified atom stereocenters. The maximum Gasteiger partial charge on any atom is 0.251 e. The largest absolute Gasteiger partial charge is 0.448 e. The molecule has 2 aliphatic heterocycles. The quantitative estimate of drug-likeness (QED) is 0.735. The number of nitrogens with zero attached hydrogens (tertiary/aromatic N) is 2. The van der Waals surface area contributed by atoms with Crippen molar-refractivity contribution in [2.24, 2.45) is 5.92 Å². The molecule has 0 bridgehead atoms. The number of sulfonamides is 1. The van der Waals surface area contributed by atoms with Gasteiger partial charge in [0.1, 0.15) is 0 Å². The van der Waals surface area contributed by atoms with Gasteiger partial charge in [0.2, 0.25) is 15.9 Å². The van der Waals surface area contributed by atoms with E-state index in [1.54, 1.807) is 12.1 Å². The molecule has 2 fully saturated rings. The second-order valence-corrected chi connectivity index (χ2v) is 10.7. The van der Waals surface area contributed by atoms with E-state index in [1.165, 1.54) is 28.6 Å². The van der Waals surface area contributed by atoms with E-state index in [4.69, 9.17) is 14.7 Å². The van der Waals surface area contributed by atoms with E-state index in [1.807, 2.05) is 12.1 Å². The van der Waals surface area contributed by atoms with Gasteiger partial charge in [0.15, 0.2) is 11.5 Å². The molecular weight excluding hydrogens is 442 g/mol. The lowest BCUT2D eigenvalue weighted by Crippen LogP contribution is -2.41.